The number of phenols is 1. The molecule has 1 aliphatic carbocycles. The first kappa shape index (κ1) is 41.8. The van der Waals surface area contributed by atoms with Crippen LogP contribution in [0.2, 0.25) is 0 Å². The molecule has 1 saturated carbocycles. The van der Waals surface area contributed by atoms with Gasteiger partial charge in [0.15, 0.2) is 11.5 Å². The zero-order chi connectivity index (χ0) is 45.4. The van der Waals surface area contributed by atoms with Crippen LogP contribution in [0.4, 0.5) is 18.9 Å². The first-order valence-corrected chi connectivity index (χ1v) is 20.2. The maximum Gasteiger partial charge on any atom is 0.573 e. The first-order chi connectivity index (χ1) is 30.6. The average molecular weight is 880 g/mol. The van der Waals surface area contributed by atoms with Gasteiger partial charge in [0, 0.05) is 43.6 Å². The Morgan fingerprint density at radius 2 is 1.61 bits per heavy atom. The van der Waals surface area contributed by atoms with Crippen LogP contribution in [0.25, 0.3) is 11.0 Å². The number of nitrogens with zero attached hydrogens (tertiary/aromatic N) is 6. The number of aromatic hydroxyl groups is 1. The molecule has 64 heavy (non-hydrogen) atoms. The normalized spacial score (nSPS) is 20.4. The van der Waals surface area contributed by atoms with Crippen LogP contribution < -0.4 is 36.6 Å². The molecular weight excluding hydrogens is 840 g/mol. The number of hydrogen-bond donors (Lipinski definition) is 2. The molecule has 2 amide bonds. The molecule has 9 rings (SSSR count). The second kappa shape index (κ2) is 15.4. The Labute approximate surface area is 360 Å². The summed E-state index contributed by atoms with van der Waals surface area (Å²) >= 11 is 0. The Balaban J connectivity index is 1.19. The lowest BCUT2D eigenvalue weighted by Crippen LogP contribution is -2.53. The molecule has 4 heterocycles. The maximum absolute atomic E-state index is 15.4. The molecule has 0 unspecified atom stereocenters. The van der Waals surface area contributed by atoms with Gasteiger partial charge in [-0.05, 0) is 54.8 Å². The Hall–Kier alpha value is -7.57. The summed E-state index contributed by atoms with van der Waals surface area (Å²) in [6, 6.07) is 20.2. The molecule has 19 heteroatoms. The fraction of sp³-hybridized carbons (Fsp3) is 0.289. The van der Waals surface area contributed by atoms with Crippen molar-refractivity contribution in [3.8, 4) is 23.0 Å². The van der Waals surface area contributed by atoms with Crippen LogP contribution in [0.3, 0.4) is 0 Å². The number of carbonyl (C=O) groups excluding carboxylic acids is 2. The number of halogens is 3. The number of amides is 2. The van der Waals surface area contributed by atoms with Crippen molar-refractivity contribution in [1.29, 1.82) is 0 Å². The lowest BCUT2D eigenvalue weighted by Gasteiger charge is -2.49. The van der Waals surface area contributed by atoms with Gasteiger partial charge in [-0.2, -0.15) is 5.01 Å². The van der Waals surface area contributed by atoms with Crippen LogP contribution in [0.1, 0.15) is 40.8 Å². The highest BCUT2D eigenvalue weighted by atomic mass is 19.4. The van der Waals surface area contributed by atoms with Gasteiger partial charge in [-0.3, -0.25) is 19.8 Å². The minimum absolute atomic E-state index is 0.0551. The summed E-state index contributed by atoms with van der Waals surface area (Å²) in [6.07, 6.45) is -3.88. The summed E-state index contributed by atoms with van der Waals surface area (Å²) in [4.78, 5) is 77.2. The number of imide groups is 1. The van der Waals surface area contributed by atoms with Gasteiger partial charge in [0.05, 0.1) is 54.9 Å². The average Bonchev–Trinajstić information content (AvgIpc) is 3.65. The number of aromatic nitrogens is 5. The van der Waals surface area contributed by atoms with Gasteiger partial charge in [0.1, 0.15) is 17.2 Å². The van der Waals surface area contributed by atoms with Crippen LogP contribution >= 0.6 is 0 Å². The SMILES string of the molecule is COc1cc2nc(CCn3c(=O)n4n(c3=O)[C@@H]3C[C@H]5C(=O)N(Nc6ccc(C)cc6)C(=O)[C@@]5(c5ccccc5)[C@@H](c5cc(OC(F)(F)F)ccc5O)C3=CC4)c(=O)n(C)c2cc1OC. The summed E-state index contributed by atoms with van der Waals surface area (Å²) in [5.74, 6) is -4.61. The molecule has 2 N–H and O–H groups in total. The van der Waals surface area contributed by atoms with Crippen LogP contribution in [0.15, 0.2) is 111 Å². The number of methoxy groups -OCH3 is 2. The molecule has 4 atom stereocenters. The van der Waals surface area contributed by atoms with Crippen molar-refractivity contribution in [2.24, 2.45) is 13.0 Å². The standard InChI is InChI=1S/C45H40F3N7O9/c1-24-10-12-26(13-11-24)50-54-39(57)30-21-33-28(38(44(30,41(54)59)25-8-6-5-7-9-25)29-20-27(14-15-35(29)56)64-45(46,47)48)16-19-53-42(60)52(43(61)55(33)53)18-17-31-40(58)51(2)34-23-37(63-4)36(62-3)22-32(34)49-31/h5-16,20,22-23,30,33,38,50,56H,17-19,21H2,1-4H3/t30-,33+,38+,44+/m0/s1. The quantitative estimate of drug-likeness (QED) is 0.142. The number of anilines is 1. The lowest BCUT2D eigenvalue weighted by atomic mass is 9.53. The van der Waals surface area contributed by atoms with Crippen molar-refractivity contribution < 1.29 is 42.1 Å². The van der Waals surface area contributed by atoms with Crippen LogP contribution in [-0.2, 0) is 41.6 Å². The summed E-state index contributed by atoms with van der Waals surface area (Å²) in [6.45, 7) is 1.35. The van der Waals surface area contributed by atoms with Crippen molar-refractivity contribution in [1.82, 2.24) is 28.5 Å². The highest BCUT2D eigenvalue weighted by Crippen LogP contribution is 2.63. The van der Waals surface area contributed by atoms with Gasteiger partial charge < -0.3 is 23.9 Å². The van der Waals surface area contributed by atoms with Crippen molar-refractivity contribution in [2.75, 3.05) is 19.6 Å². The van der Waals surface area contributed by atoms with E-state index in [2.05, 4.69) is 15.1 Å². The van der Waals surface area contributed by atoms with Gasteiger partial charge in [0.25, 0.3) is 17.4 Å². The Morgan fingerprint density at radius 1 is 0.906 bits per heavy atom. The molecule has 16 nitrogen and oxygen atoms in total. The van der Waals surface area contributed by atoms with E-state index in [4.69, 9.17) is 9.47 Å². The second-order valence-electron chi connectivity index (χ2n) is 15.9. The molecule has 1 saturated heterocycles. The topological polar surface area (TPSA) is 181 Å². The monoisotopic (exact) mass is 879 g/mol. The summed E-state index contributed by atoms with van der Waals surface area (Å²) in [5.41, 5.74) is 1.67. The molecule has 330 valence electrons. The van der Waals surface area contributed by atoms with Crippen LogP contribution in [0.5, 0.6) is 23.0 Å². The predicted octanol–water partition coefficient (Wildman–Crippen LogP) is 4.85. The van der Waals surface area contributed by atoms with Gasteiger partial charge in [0.2, 0.25) is 0 Å². The molecule has 0 bridgehead atoms. The van der Waals surface area contributed by atoms with E-state index in [1.807, 2.05) is 6.92 Å². The van der Waals surface area contributed by atoms with Crippen molar-refractivity contribution in [3.05, 3.63) is 150 Å². The third kappa shape index (κ3) is 6.52. The number of rotatable bonds is 10. The maximum atomic E-state index is 15.4. The molecule has 3 aliphatic rings. The zero-order valence-corrected chi connectivity index (χ0v) is 34.8. The predicted molar refractivity (Wildman–Crippen MR) is 224 cm³/mol. The number of fused-ring (bicyclic) bond motifs is 5. The fourth-order valence-electron chi connectivity index (χ4n) is 9.64. The van der Waals surface area contributed by atoms with Gasteiger partial charge in [-0.15, -0.1) is 13.2 Å². The van der Waals surface area contributed by atoms with Gasteiger partial charge in [-0.25, -0.2) is 28.5 Å². The van der Waals surface area contributed by atoms with Gasteiger partial charge in [-0.1, -0.05) is 54.1 Å². The van der Waals surface area contributed by atoms with Gasteiger partial charge >= 0.3 is 17.7 Å². The highest BCUT2D eigenvalue weighted by molar-refractivity contribution is 6.12. The number of benzene rings is 4. The number of carbonyl (C=O) groups is 2. The first-order valence-electron chi connectivity index (χ1n) is 20.2. The van der Waals surface area contributed by atoms with Crippen LogP contribution in [-0.4, -0.2) is 66.0 Å². The molecule has 6 aromatic rings. The molecule has 2 aromatic heterocycles. The third-order valence-electron chi connectivity index (χ3n) is 12.5. The van der Waals surface area contributed by atoms with E-state index in [0.29, 0.717) is 39.4 Å². The molecular formula is C45H40F3N7O9. The molecule has 4 aromatic carbocycles. The van der Waals surface area contributed by atoms with E-state index in [9.17, 15) is 37.5 Å². The number of nitrogens with one attached hydrogen (secondary N) is 1. The molecule has 2 aliphatic heterocycles. The number of phenolic OH excluding ortho intramolecular Hbond substituents is 1. The van der Waals surface area contributed by atoms with Crippen molar-refractivity contribution in [3.63, 3.8) is 0 Å². The minimum Gasteiger partial charge on any atom is -0.508 e. The van der Waals surface area contributed by atoms with E-state index in [0.717, 1.165) is 33.3 Å². The largest absolute Gasteiger partial charge is 0.573 e. The highest BCUT2D eigenvalue weighted by Gasteiger charge is 2.69. The summed E-state index contributed by atoms with van der Waals surface area (Å²) in [7, 11) is 4.47. The molecule has 0 spiro atoms. The Morgan fingerprint density at radius 3 is 2.30 bits per heavy atom. The summed E-state index contributed by atoms with van der Waals surface area (Å²) < 4.78 is 60.9. The number of allylic oxidation sites excluding steroid dienone is 2. The third-order valence-corrected chi connectivity index (χ3v) is 12.5. The lowest BCUT2D eigenvalue weighted by molar-refractivity contribution is -0.274. The smallest absolute Gasteiger partial charge is 0.508 e. The number of hydrazine groups is 1. The van der Waals surface area contributed by atoms with E-state index in [1.54, 1.807) is 79.9 Å². The number of ether oxygens (including phenoxy) is 3. The second-order valence-corrected chi connectivity index (χ2v) is 15.9. The molecule has 2 fully saturated rings. The zero-order valence-electron chi connectivity index (χ0n) is 34.8. The Bertz CT molecular complexity index is 3100. The molecule has 0 radical (unpaired) electrons. The van der Waals surface area contributed by atoms with E-state index >= 15 is 4.79 Å². The summed E-state index contributed by atoms with van der Waals surface area (Å²) in [5, 5.41) is 12.5. The number of alkyl halides is 3. The number of aryl methyl sites for hydroxylation is 3. The van der Waals surface area contributed by atoms with E-state index in [1.165, 1.54) is 28.2 Å². The van der Waals surface area contributed by atoms with E-state index in [-0.39, 0.29) is 37.2 Å². The van der Waals surface area contributed by atoms with Crippen LogP contribution in [0, 0.1) is 12.8 Å². The van der Waals surface area contributed by atoms with Crippen molar-refractivity contribution in [2.45, 2.75) is 56.6 Å². The minimum atomic E-state index is -5.12. The van der Waals surface area contributed by atoms with E-state index < -0.39 is 69.9 Å². The fourth-order valence-corrected chi connectivity index (χ4v) is 9.64. The number of hydrogen-bond acceptors (Lipinski definition) is 11. The Kier molecular flexibility index (Phi) is 10.0. The van der Waals surface area contributed by atoms with Crippen molar-refractivity contribution >= 4 is 28.5 Å².